The summed E-state index contributed by atoms with van der Waals surface area (Å²) in [6, 6.07) is 3.49. The van der Waals surface area contributed by atoms with Gasteiger partial charge in [0.15, 0.2) is 5.76 Å². The molecule has 0 aliphatic heterocycles. The van der Waals surface area contributed by atoms with Gasteiger partial charge in [0.1, 0.15) is 5.76 Å². The van der Waals surface area contributed by atoms with Crippen LogP contribution >= 0.6 is 0 Å². The van der Waals surface area contributed by atoms with Crippen LogP contribution in [0.1, 0.15) is 55.3 Å². The molecule has 0 fully saturated rings. The number of nitrogens with one attached hydrogen (secondary N) is 1. The Bertz CT molecular complexity index is 411. The number of furan rings is 1. The standard InChI is InChI=1S/C14H21NO4/c1-2-11-8-9-12(19-11)14(18)15-10-6-4-3-5-7-13(16)17/h8-9H,2-7,10H2,1H3,(H,15,18)(H,16,17). The van der Waals surface area contributed by atoms with E-state index in [1.165, 1.54) is 0 Å². The smallest absolute Gasteiger partial charge is 0.303 e. The van der Waals surface area contributed by atoms with Gasteiger partial charge >= 0.3 is 5.97 Å². The molecule has 0 aromatic carbocycles. The van der Waals surface area contributed by atoms with Gasteiger partial charge in [-0.3, -0.25) is 9.59 Å². The van der Waals surface area contributed by atoms with Crippen molar-refractivity contribution in [2.24, 2.45) is 0 Å². The molecule has 0 saturated heterocycles. The predicted molar refractivity (Wildman–Crippen MR) is 71.1 cm³/mol. The number of aryl methyl sites for hydroxylation is 1. The number of aliphatic carboxylic acids is 1. The van der Waals surface area contributed by atoms with Crippen LogP contribution in [0.2, 0.25) is 0 Å². The van der Waals surface area contributed by atoms with Gasteiger partial charge in [0.25, 0.3) is 5.91 Å². The van der Waals surface area contributed by atoms with Crippen LogP contribution in [0.25, 0.3) is 0 Å². The molecule has 0 unspecified atom stereocenters. The summed E-state index contributed by atoms with van der Waals surface area (Å²) < 4.78 is 5.34. The zero-order valence-electron chi connectivity index (χ0n) is 11.3. The molecule has 106 valence electrons. The first kappa shape index (κ1) is 15.3. The summed E-state index contributed by atoms with van der Waals surface area (Å²) >= 11 is 0. The van der Waals surface area contributed by atoms with E-state index in [2.05, 4.69) is 5.32 Å². The average molecular weight is 267 g/mol. The van der Waals surface area contributed by atoms with Crippen molar-refractivity contribution >= 4 is 11.9 Å². The fourth-order valence-electron chi connectivity index (χ4n) is 1.73. The van der Waals surface area contributed by atoms with Crippen LogP contribution in [0.4, 0.5) is 0 Å². The van der Waals surface area contributed by atoms with Crippen LogP contribution in [0, 0.1) is 0 Å². The summed E-state index contributed by atoms with van der Waals surface area (Å²) in [5, 5.41) is 11.3. The van der Waals surface area contributed by atoms with Crippen LogP contribution in [0.5, 0.6) is 0 Å². The maximum absolute atomic E-state index is 11.7. The van der Waals surface area contributed by atoms with Crippen molar-refractivity contribution in [2.45, 2.75) is 45.4 Å². The first-order valence-corrected chi connectivity index (χ1v) is 6.72. The van der Waals surface area contributed by atoms with E-state index in [9.17, 15) is 9.59 Å². The van der Waals surface area contributed by atoms with Crippen LogP contribution in [0.3, 0.4) is 0 Å². The molecule has 0 atom stereocenters. The highest BCUT2D eigenvalue weighted by Gasteiger charge is 2.09. The Morgan fingerprint density at radius 1 is 1.21 bits per heavy atom. The van der Waals surface area contributed by atoms with Gasteiger partial charge in [0, 0.05) is 19.4 Å². The summed E-state index contributed by atoms with van der Waals surface area (Å²) in [5.41, 5.74) is 0. The molecule has 1 rings (SSSR count). The van der Waals surface area contributed by atoms with Crippen LogP contribution in [-0.4, -0.2) is 23.5 Å². The van der Waals surface area contributed by atoms with Crippen molar-refractivity contribution in [3.05, 3.63) is 23.7 Å². The van der Waals surface area contributed by atoms with Crippen molar-refractivity contribution in [1.29, 1.82) is 0 Å². The van der Waals surface area contributed by atoms with Gasteiger partial charge in [0.2, 0.25) is 0 Å². The molecule has 0 aliphatic carbocycles. The van der Waals surface area contributed by atoms with Crippen molar-refractivity contribution in [1.82, 2.24) is 5.32 Å². The maximum Gasteiger partial charge on any atom is 0.303 e. The molecule has 2 N–H and O–H groups in total. The number of carboxylic acid groups (broad SMARTS) is 1. The van der Waals surface area contributed by atoms with E-state index < -0.39 is 5.97 Å². The van der Waals surface area contributed by atoms with Gasteiger partial charge in [-0.1, -0.05) is 19.8 Å². The van der Waals surface area contributed by atoms with Crippen molar-refractivity contribution in [3.8, 4) is 0 Å². The summed E-state index contributed by atoms with van der Waals surface area (Å²) in [6.45, 7) is 2.56. The highest BCUT2D eigenvalue weighted by Crippen LogP contribution is 2.08. The quantitative estimate of drug-likeness (QED) is 0.674. The van der Waals surface area contributed by atoms with Gasteiger partial charge in [-0.25, -0.2) is 0 Å². The molecule has 0 aliphatic rings. The lowest BCUT2D eigenvalue weighted by Gasteiger charge is -2.03. The monoisotopic (exact) mass is 267 g/mol. The van der Waals surface area contributed by atoms with Gasteiger partial charge in [-0.15, -0.1) is 0 Å². The minimum absolute atomic E-state index is 0.190. The second-order valence-electron chi connectivity index (χ2n) is 4.43. The Balaban J connectivity index is 2.09. The zero-order valence-corrected chi connectivity index (χ0v) is 11.3. The summed E-state index contributed by atoms with van der Waals surface area (Å²) in [5.74, 6) is 0.213. The SMILES string of the molecule is CCc1ccc(C(=O)NCCCCCCC(=O)O)o1. The van der Waals surface area contributed by atoms with Crippen LogP contribution < -0.4 is 5.32 Å². The molecule has 0 bridgehead atoms. The van der Waals surface area contributed by atoms with Crippen molar-refractivity contribution in [2.75, 3.05) is 6.54 Å². The largest absolute Gasteiger partial charge is 0.481 e. The molecule has 1 amide bonds. The number of carboxylic acids is 1. The molecule has 0 radical (unpaired) electrons. The van der Waals surface area contributed by atoms with Crippen molar-refractivity contribution in [3.63, 3.8) is 0 Å². The fourth-order valence-corrected chi connectivity index (χ4v) is 1.73. The van der Waals surface area contributed by atoms with Crippen LogP contribution in [0.15, 0.2) is 16.5 Å². The van der Waals surface area contributed by atoms with E-state index in [0.717, 1.165) is 31.4 Å². The van der Waals surface area contributed by atoms with E-state index in [-0.39, 0.29) is 12.3 Å². The molecule has 5 nitrogen and oxygen atoms in total. The lowest BCUT2D eigenvalue weighted by atomic mass is 10.1. The van der Waals surface area contributed by atoms with Gasteiger partial charge in [0.05, 0.1) is 0 Å². The summed E-state index contributed by atoms with van der Waals surface area (Å²) in [7, 11) is 0. The molecular formula is C14H21NO4. The maximum atomic E-state index is 11.7. The lowest BCUT2D eigenvalue weighted by molar-refractivity contribution is -0.137. The van der Waals surface area contributed by atoms with Gasteiger partial charge < -0.3 is 14.8 Å². The van der Waals surface area contributed by atoms with E-state index in [0.29, 0.717) is 18.7 Å². The van der Waals surface area contributed by atoms with Gasteiger partial charge in [-0.2, -0.15) is 0 Å². The number of rotatable bonds is 9. The highest BCUT2D eigenvalue weighted by molar-refractivity contribution is 5.91. The first-order chi connectivity index (χ1) is 9.13. The normalized spacial score (nSPS) is 10.4. The summed E-state index contributed by atoms with van der Waals surface area (Å²) in [4.78, 5) is 22.0. The molecular weight excluding hydrogens is 246 g/mol. The molecule has 5 heteroatoms. The molecule has 0 spiro atoms. The zero-order chi connectivity index (χ0) is 14.1. The number of carbonyl (C=O) groups excluding carboxylic acids is 1. The Morgan fingerprint density at radius 3 is 2.58 bits per heavy atom. The van der Waals surface area contributed by atoms with Gasteiger partial charge in [-0.05, 0) is 25.0 Å². The topological polar surface area (TPSA) is 79.5 Å². The number of carbonyl (C=O) groups is 2. The Labute approximate surface area is 113 Å². The average Bonchev–Trinajstić information content (AvgIpc) is 2.85. The third-order valence-electron chi connectivity index (χ3n) is 2.84. The highest BCUT2D eigenvalue weighted by atomic mass is 16.4. The molecule has 1 aromatic rings. The molecule has 0 saturated carbocycles. The molecule has 19 heavy (non-hydrogen) atoms. The Kier molecular flexibility index (Phi) is 6.71. The Hall–Kier alpha value is -1.78. The minimum atomic E-state index is -0.752. The Morgan fingerprint density at radius 2 is 1.95 bits per heavy atom. The lowest BCUT2D eigenvalue weighted by Crippen LogP contribution is -2.23. The predicted octanol–water partition coefficient (Wildman–Crippen LogP) is 2.61. The fraction of sp³-hybridized carbons (Fsp3) is 0.571. The minimum Gasteiger partial charge on any atom is -0.481 e. The van der Waals surface area contributed by atoms with E-state index in [4.69, 9.17) is 9.52 Å². The van der Waals surface area contributed by atoms with Crippen LogP contribution in [-0.2, 0) is 11.2 Å². The second-order valence-corrected chi connectivity index (χ2v) is 4.43. The van der Waals surface area contributed by atoms with E-state index in [1.54, 1.807) is 12.1 Å². The van der Waals surface area contributed by atoms with Crippen molar-refractivity contribution < 1.29 is 19.1 Å². The third-order valence-corrected chi connectivity index (χ3v) is 2.84. The van der Waals surface area contributed by atoms with E-state index >= 15 is 0 Å². The third kappa shape index (κ3) is 6.08. The summed E-state index contributed by atoms with van der Waals surface area (Å²) in [6.07, 6.45) is 4.35. The van der Waals surface area contributed by atoms with E-state index in [1.807, 2.05) is 6.92 Å². The molecule has 1 heterocycles. The number of amides is 1. The second kappa shape index (κ2) is 8.34. The first-order valence-electron chi connectivity index (χ1n) is 6.72. The molecule has 1 aromatic heterocycles. The number of hydrogen-bond donors (Lipinski definition) is 2. The number of unbranched alkanes of at least 4 members (excludes halogenated alkanes) is 3. The number of hydrogen-bond acceptors (Lipinski definition) is 3.